The van der Waals surface area contributed by atoms with Crippen LogP contribution in [-0.4, -0.2) is 20.5 Å². The quantitative estimate of drug-likeness (QED) is 0.761. The standard InChI is InChI=1S/C11H14Br2O2/c1-14-11(15-2)4-3-8-5-9(12)7-10(13)6-8/h5-7,11H,3-4H2,1-2H3. The van der Waals surface area contributed by atoms with Crippen LogP contribution in [0, 0.1) is 0 Å². The summed E-state index contributed by atoms with van der Waals surface area (Å²) in [7, 11) is 3.32. The van der Waals surface area contributed by atoms with Crippen molar-refractivity contribution in [3.8, 4) is 0 Å². The third-order valence-electron chi connectivity index (χ3n) is 2.12. The Morgan fingerprint density at radius 1 is 1.07 bits per heavy atom. The molecule has 0 fully saturated rings. The Morgan fingerprint density at radius 2 is 1.60 bits per heavy atom. The Hall–Kier alpha value is 0.1000. The first-order valence-corrected chi connectivity index (χ1v) is 6.25. The van der Waals surface area contributed by atoms with Crippen molar-refractivity contribution >= 4 is 31.9 Å². The predicted octanol–water partition coefficient (Wildman–Crippen LogP) is 3.76. The van der Waals surface area contributed by atoms with Gasteiger partial charge in [-0.3, -0.25) is 0 Å². The summed E-state index contributed by atoms with van der Waals surface area (Å²) in [5.74, 6) is 0. The maximum Gasteiger partial charge on any atom is 0.157 e. The summed E-state index contributed by atoms with van der Waals surface area (Å²) in [6, 6.07) is 6.23. The lowest BCUT2D eigenvalue weighted by Gasteiger charge is -2.13. The minimum absolute atomic E-state index is 0.122. The Kier molecular flexibility index (Phi) is 5.82. The predicted molar refractivity (Wildman–Crippen MR) is 68.0 cm³/mol. The highest BCUT2D eigenvalue weighted by molar-refractivity contribution is 9.11. The van der Waals surface area contributed by atoms with Gasteiger partial charge < -0.3 is 9.47 Å². The molecule has 0 saturated heterocycles. The van der Waals surface area contributed by atoms with Gasteiger partial charge in [-0.1, -0.05) is 31.9 Å². The molecule has 0 aliphatic heterocycles. The van der Waals surface area contributed by atoms with Gasteiger partial charge >= 0.3 is 0 Å². The van der Waals surface area contributed by atoms with E-state index in [1.807, 2.05) is 6.07 Å². The van der Waals surface area contributed by atoms with Crippen molar-refractivity contribution in [2.45, 2.75) is 19.1 Å². The van der Waals surface area contributed by atoms with Crippen molar-refractivity contribution in [1.29, 1.82) is 0 Å². The Bertz CT molecular complexity index is 291. The number of methoxy groups -OCH3 is 2. The van der Waals surface area contributed by atoms with E-state index in [-0.39, 0.29) is 6.29 Å². The molecule has 1 aromatic rings. The first-order valence-electron chi connectivity index (χ1n) is 4.66. The molecule has 84 valence electrons. The van der Waals surface area contributed by atoms with Gasteiger partial charge in [-0.05, 0) is 30.2 Å². The summed E-state index contributed by atoms with van der Waals surface area (Å²) in [6.45, 7) is 0. The average Bonchev–Trinajstić information content (AvgIpc) is 2.18. The van der Waals surface area contributed by atoms with Crippen LogP contribution in [0.25, 0.3) is 0 Å². The molecule has 0 aliphatic rings. The number of aryl methyl sites for hydroxylation is 1. The third kappa shape index (κ3) is 4.64. The Morgan fingerprint density at radius 3 is 2.07 bits per heavy atom. The third-order valence-corrected chi connectivity index (χ3v) is 3.03. The largest absolute Gasteiger partial charge is 0.356 e. The van der Waals surface area contributed by atoms with Crippen LogP contribution in [0.15, 0.2) is 27.1 Å². The fourth-order valence-corrected chi connectivity index (χ4v) is 2.76. The van der Waals surface area contributed by atoms with E-state index < -0.39 is 0 Å². The number of hydrogen-bond donors (Lipinski definition) is 0. The topological polar surface area (TPSA) is 18.5 Å². The van der Waals surface area contributed by atoms with E-state index in [4.69, 9.17) is 9.47 Å². The van der Waals surface area contributed by atoms with Crippen LogP contribution in [-0.2, 0) is 15.9 Å². The van der Waals surface area contributed by atoms with Crippen molar-refractivity contribution in [2.24, 2.45) is 0 Å². The summed E-state index contributed by atoms with van der Waals surface area (Å²) in [6.07, 6.45) is 1.67. The summed E-state index contributed by atoms with van der Waals surface area (Å²) < 4.78 is 12.4. The first kappa shape index (κ1) is 13.2. The molecule has 2 nitrogen and oxygen atoms in total. The second kappa shape index (κ2) is 6.63. The van der Waals surface area contributed by atoms with Crippen molar-refractivity contribution in [2.75, 3.05) is 14.2 Å². The average molecular weight is 338 g/mol. The van der Waals surface area contributed by atoms with Gasteiger partial charge in [0, 0.05) is 29.6 Å². The SMILES string of the molecule is COC(CCc1cc(Br)cc(Br)c1)OC. The van der Waals surface area contributed by atoms with Crippen LogP contribution in [0.4, 0.5) is 0 Å². The van der Waals surface area contributed by atoms with E-state index in [1.165, 1.54) is 5.56 Å². The highest BCUT2D eigenvalue weighted by Crippen LogP contribution is 2.21. The van der Waals surface area contributed by atoms with Crippen LogP contribution in [0.3, 0.4) is 0 Å². The molecule has 4 heteroatoms. The normalized spacial score (nSPS) is 11.0. The number of ether oxygens (including phenoxy) is 2. The van der Waals surface area contributed by atoms with Gasteiger partial charge in [-0.2, -0.15) is 0 Å². The van der Waals surface area contributed by atoms with Crippen LogP contribution >= 0.6 is 31.9 Å². The molecule has 15 heavy (non-hydrogen) atoms. The monoisotopic (exact) mass is 336 g/mol. The van der Waals surface area contributed by atoms with Gasteiger partial charge in [0.15, 0.2) is 6.29 Å². The van der Waals surface area contributed by atoms with Crippen molar-refractivity contribution in [3.05, 3.63) is 32.7 Å². The van der Waals surface area contributed by atoms with Gasteiger partial charge in [0.25, 0.3) is 0 Å². The smallest absolute Gasteiger partial charge is 0.157 e. The van der Waals surface area contributed by atoms with Gasteiger partial charge in [-0.25, -0.2) is 0 Å². The summed E-state index contributed by atoms with van der Waals surface area (Å²) in [4.78, 5) is 0. The van der Waals surface area contributed by atoms with E-state index in [2.05, 4.69) is 44.0 Å². The fourth-order valence-electron chi connectivity index (χ4n) is 1.37. The molecule has 0 bridgehead atoms. The molecular formula is C11H14Br2O2. The van der Waals surface area contributed by atoms with E-state index in [0.717, 1.165) is 21.8 Å². The second-order valence-corrected chi connectivity index (χ2v) is 5.05. The lowest BCUT2D eigenvalue weighted by Crippen LogP contribution is -2.13. The zero-order valence-electron chi connectivity index (χ0n) is 8.80. The Balaban J connectivity index is 2.57. The summed E-state index contributed by atoms with van der Waals surface area (Å²) >= 11 is 6.92. The highest BCUT2D eigenvalue weighted by Gasteiger charge is 2.06. The van der Waals surface area contributed by atoms with Crippen LogP contribution in [0.1, 0.15) is 12.0 Å². The molecule has 0 heterocycles. The lowest BCUT2D eigenvalue weighted by molar-refractivity contribution is -0.105. The molecule has 1 rings (SSSR count). The van der Waals surface area contributed by atoms with E-state index >= 15 is 0 Å². The van der Waals surface area contributed by atoms with Crippen molar-refractivity contribution in [1.82, 2.24) is 0 Å². The molecule has 0 amide bonds. The molecule has 0 N–H and O–H groups in total. The number of benzene rings is 1. The molecule has 0 aromatic heterocycles. The summed E-state index contributed by atoms with van der Waals surface area (Å²) in [5.41, 5.74) is 1.26. The van der Waals surface area contributed by atoms with Crippen molar-refractivity contribution < 1.29 is 9.47 Å². The van der Waals surface area contributed by atoms with Gasteiger partial charge in [0.2, 0.25) is 0 Å². The molecule has 0 radical (unpaired) electrons. The maximum absolute atomic E-state index is 5.14. The minimum Gasteiger partial charge on any atom is -0.356 e. The fraction of sp³-hybridized carbons (Fsp3) is 0.455. The molecule has 1 aromatic carbocycles. The lowest BCUT2D eigenvalue weighted by atomic mass is 10.1. The number of rotatable bonds is 5. The van der Waals surface area contributed by atoms with Crippen LogP contribution < -0.4 is 0 Å². The second-order valence-electron chi connectivity index (χ2n) is 3.22. The van der Waals surface area contributed by atoms with Crippen molar-refractivity contribution in [3.63, 3.8) is 0 Å². The van der Waals surface area contributed by atoms with E-state index in [0.29, 0.717) is 0 Å². The zero-order chi connectivity index (χ0) is 11.3. The molecular weight excluding hydrogens is 324 g/mol. The molecule has 0 saturated carbocycles. The molecule has 0 atom stereocenters. The molecule has 0 aliphatic carbocycles. The van der Waals surface area contributed by atoms with Gasteiger partial charge in [0.05, 0.1) is 0 Å². The maximum atomic E-state index is 5.14. The minimum atomic E-state index is -0.122. The van der Waals surface area contributed by atoms with E-state index in [9.17, 15) is 0 Å². The van der Waals surface area contributed by atoms with E-state index in [1.54, 1.807) is 14.2 Å². The number of hydrogen-bond acceptors (Lipinski definition) is 2. The molecule has 0 unspecified atom stereocenters. The zero-order valence-corrected chi connectivity index (χ0v) is 12.0. The first-order chi connectivity index (χ1) is 7.15. The number of halogens is 2. The van der Waals surface area contributed by atoms with Gasteiger partial charge in [-0.15, -0.1) is 0 Å². The van der Waals surface area contributed by atoms with Crippen LogP contribution in [0.5, 0.6) is 0 Å². The van der Waals surface area contributed by atoms with Crippen LogP contribution in [0.2, 0.25) is 0 Å². The molecule has 0 spiro atoms. The Labute approximate surface area is 107 Å². The highest BCUT2D eigenvalue weighted by atomic mass is 79.9. The summed E-state index contributed by atoms with van der Waals surface area (Å²) in [5, 5.41) is 0. The van der Waals surface area contributed by atoms with Gasteiger partial charge in [0.1, 0.15) is 0 Å².